The average Bonchev–Trinajstić information content (AvgIpc) is 2.74. The first-order valence-electron chi connectivity index (χ1n) is 10.8. The summed E-state index contributed by atoms with van der Waals surface area (Å²) in [6, 6.07) is 3.47. The van der Waals surface area contributed by atoms with E-state index in [4.69, 9.17) is 0 Å². The van der Waals surface area contributed by atoms with Crippen LogP contribution in [0.15, 0.2) is 35.7 Å². The second-order valence-electron chi connectivity index (χ2n) is 8.34. The lowest BCUT2D eigenvalue weighted by molar-refractivity contribution is 0.0901. The van der Waals surface area contributed by atoms with Gasteiger partial charge in [-0.3, -0.25) is 4.79 Å². The molecule has 0 spiro atoms. The molecular weight excluding hydrogens is 405 g/mol. The highest BCUT2D eigenvalue weighted by atomic mass is 32.2. The Morgan fingerprint density at radius 3 is 2.53 bits per heavy atom. The molecule has 1 aromatic carbocycles. The van der Waals surface area contributed by atoms with Crippen LogP contribution in [-0.2, 0) is 10.0 Å². The first-order valence-corrected chi connectivity index (χ1v) is 12.3. The Kier molecular flexibility index (Phi) is 8.02. The van der Waals surface area contributed by atoms with Crippen LogP contribution in [-0.4, -0.2) is 51.4 Å². The molecule has 0 unspecified atom stereocenters. The molecule has 0 aromatic heterocycles. The van der Waals surface area contributed by atoms with Gasteiger partial charge in [-0.05, 0) is 49.8 Å². The number of nitrogens with one attached hydrogen (secondary N) is 2. The molecule has 1 aliphatic heterocycles. The van der Waals surface area contributed by atoms with E-state index < -0.39 is 20.7 Å². The fourth-order valence-corrected chi connectivity index (χ4v) is 5.46. The number of rotatable bonds is 8. The van der Waals surface area contributed by atoms with E-state index in [0.29, 0.717) is 0 Å². The average molecular weight is 438 g/mol. The lowest BCUT2D eigenvalue weighted by Gasteiger charge is -2.35. The molecule has 0 bridgehead atoms. The summed E-state index contributed by atoms with van der Waals surface area (Å²) in [5.74, 6) is -0.459. The Labute approximate surface area is 179 Å². The summed E-state index contributed by atoms with van der Waals surface area (Å²) in [6.07, 6.45) is 9.80. The summed E-state index contributed by atoms with van der Waals surface area (Å²) in [4.78, 5) is 14.6. The fourth-order valence-electron chi connectivity index (χ4n) is 4.36. The maximum absolute atomic E-state index is 14.1. The van der Waals surface area contributed by atoms with Crippen molar-refractivity contribution >= 4 is 15.9 Å². The van der Waals surface area contributed by atoms with Gasteiger partial charge >= 0.3 is 0 Å². The second kappa shape index (κ2) is 10.5. The zero-order chi connectivity index (χ0) is 21.6. The third-order valence-electron chi connectivity index (χ3n) is 6.06. The topological polar surface area (TPSA) is 78.5 Å². The van der Waals surface area contributed by atoms with Gasteiger partial charge in [0.2, 0.25) is 10.0 Å². The molecule has 1 saturated carbocycles. The van der Waals surface area contributed by atoms with E-state index >= 15 is 0 Å². The first-order chi connectivity index (χ1) is 14.4. The quantitative estimate of drug-likeness (QED) is 0.613. The van der Waals surface area contributed by atoms with E-state index in [1.807, 2.05) is 0 Å². The minimum absolute atomic E-state index is 0.0162. The standard InChI is InChI=1S/C22H32FN3O3S/c1-2-12-24-30(28,29)21-15-18(8-9-20(21)23)22(27)25-19-10-13-26(14-11-19)16-17-6-4-3-5-7-17/h2,8-9,15,17,19,24H,1,3-7,10-14,16H2,(H,25,27). The van der Waals surface area contributed by atoms with E-state index in [0.717, 1.165) is 50.5 Å². The van der Waals surface area contributed by atoms with E-state index in [2.05, 4.69) is 21.5 Å². The molecule has 2 N–H and O–H groups in total. The van der Waals surface area contributed by atoms with Gasteiger partial charge in [-0.25, -0.2) is 17.5 Å². The summed E-state index contributed by atoms with van der Waals surface area (Å²) >= 11 is 0. The van der Waals surface area contributed by atoms with Crippen LogP contribution >= 0.6 is 0 Å². The number of piperidine rings is 1. The largest absolute Gasteiger partial charge is 0.349 e. The number of carbonyl (C=O) groups is 1. The van der Waals surface area contributed by atoms with E-state index in [1.54, 1.807) is 0 Å². The third kappa shape index (κ3) is 6.12. The summed E-state index contributed by atoms with van der Waals surface area (Å²) in [7, 11) is -4.05. The van der Waals surface area contributed by atoms with Crippen molar-refractivity contribution in [2.24, 2.45) is 5.92 Å². The highest BCUT2D eigenvalue weighted by Crippen LogP contribution is 2.25. The van der Waals surface area contributed by atoms with E-state index in [9.17, 15) is 17.6 Å². The van der Waals surface area contributed by atoms with Crippen LogP contribution in [0.4, 0.5) is 4.39 Å². The molecule has 0 atom stereocenters. The number of halogens is 1. The van der Waals surface area contributed by atoms with Crippen LogP contribution in [0.1, 0.15) is 55.3 Å². The minimum Gasteiger partial charge on any atom is -0.349 e. The molecule has 2 aliphatic rings. The summed E-state index contributed by atoms with van der Waals surface area (Å²) in [5.41, 5.74) is 0.139. The third-order valence-corrected chi connectivity index (χ3v) is 7.50. The lowest BCUT2D eigenvalue weighted by Crippen LogP contribution is -2.46. The van der Waals surface area contributed by atoms with Crippen molar-refractivity contribution in [2.45, 2.75) is 55.9 Å². The summed E-state index contributed by atoms with van der Waals surface area (Å²) in [6.45, 7) is 6.48. The van der Waals surface area contributed by atoms with Crippen LogP contribution in [0.3, 0.4) is 0 Å². The first kappa shape index (κ1) is 22.9. The number of hydrogen-bond donors (Lipinski definition) is 2. The van der Waals surface area contributed by atoms with Crippen molar-refractivity contribution < 1.29 is 17.6 Å². The van der Waals surface area contributed by atoms with Crippen LogP contribution in [0.2, 0.25) is 0 Å². The van der Waals surface area contributed by atoms with Gasteiger partial charge < -0.3 is 10.2 Å². The maximum Gasteiger partial charge on any atom is 0.251 e. The Morgan fingerprint density at radius 2 is 1.87 bits per heavy atom. The molecule has 166 valence electrons. The Bertz CT molecular complexity index is 845. The second-order valence-corrected chi connectivity index (χ2v) is 10.1. The lowest BCUT2D eigenvalue weighted by atomic mass is 9.88. The van der Waals surface area contributed by atoms with Crippen LogP contribution < -0.4 is 10.0 Å². The van der Waals surface area contributed by atoms with Crippen molar-refractivity contribution in [3.8, 4) is 0 Å². The Balaban J connectivity index is 1.55. The molecular formula is C22H32FN3O3S. The van der Waals surface area contributed by atoms with Gasteiger partial charge in [0.1, 0.15) is 10.7 Å². The number of hydrogen-bond acceptors (Lipinski definition) is 4. The summed E-state index contributed by atoms with van der Waals surface area (Å²) < 4.78 is 40.8. The highest BCUT2D eigenvalue weighted by Gasteiger charge is 2.25. The minimum atomic E-state index is -4.05. The number of amides is 1. The van der Waals surface area contributed by atoms with Gasteiger partial charge in [-0.15, -0.1) is 6.58 Å². The molecule has 8 heteroatoms. The highest BCUT2D eigenvalue weighted by molar-refractivity contribution is 7.89. The van der Waals surface area contributed by atoms with Crippen molar-refractivity contribution in [3.05, 3.63) is 42.2 Å². The van der Waals surface area contributed by atoms with Crippen LogP contribution in [0.5, 0.6) is 0 Å². The molecule has 1 saturated heterocycles. The molecule has 1 heterocycles. The van der Waals surface area contributed by atoms with Crippen molar-refractivity contribution in [3.63, 3.8) is 0 Å². The van der Waals surface area contributed by atoms with Crippen molar-refractivity contribution in [1.29, 1.82) is 0 Å². The van der Waals surface area contributed by atoms with Crippen LogP contribution in [0, 0.1) is 11.7 Å². The van der Waals surface area contributed by atoms with Gasteiger partial charge in [-0.2, -0.15) is 0 Å². The molecule has 2 fully saturated rings. The Morgan fingerprint density at radius 1 is 1.17 bits per heavy atom. The molecule has 3 rings (SSSR count). The van der Waals surface area contributed by atoms with Crippen molar-refractivity contribution in [2.75, 3.05) is 26.2 Å². The number of likely N-dealkylation sites (tertiary alicyclic amines) is 1. The van der Waals surface area contributed by atoms with Gasteiger partial charge in [0.25, 0.3) is 5.91 Å². The maximum atomic E-state index is 14.1. The van der Waals surface area contributed by atoms with Crippen molar-refractivity contribution in [1.82, 2.24) is 14.9 Å². The van der Waals surface area contributed by atoms with Gasteiger partial charge in [0.15, 0.2) is 0 Å². The molecule has 1 aliphatic carbocycles. The number of carbonyl (C=O) groups excluding carboxylic acids is 1. The van der Waals surface area contributed by atoms with Gasteiger partial charge in [0, 0.05) is 37.8 Å². The normalized spacial score (nSPS) is 19.5. The number of sulfonamides is 1. The number of benzene rings is 1. The molecule has 1 aromatic rings. The van der Waals surface area contributed by atoms with Gasteiger partial charge in [0.05, 0.1) is 0 Å². The number of nitrogens with zero attached hydrogens (tertiary/aromatic N) is 1. The predicted molar refractivity (Wildman–Crippen MR) is 115 cm³/mol. The van der Waals surface area contributed by atoms with E-state index in [1.165, 1.54) is 44.2 Å². The van der Waals surface area contributed by atoms with E-state index in [-0.39, 0.29) is 24.1 Å². The molecule has 30 heavy (non-hydrogen) atoms. The predicted octanol–water partition coefficient (Wildman–Crippen LogP) is 3.06. The van der Waals surface area contributed by atoms with Gasteiger partial charge in [-0.1, -0.05) is 25.3 Å². The fraction of sp³-hybridized carbons (Fsp3) is 0.591. The zero-order valence-corrected chi connectivity index (χ0v) is 18.2. The zero-order valence-electron chi connectivity index (χ0n) is 17.4. The van der Waals surface area contributed by atoms with Crippen LogP contribution in [0.25, 0.3) is 0 Å². The monoisotopic (exact) mass is 437 g/mol. The molecule has 6 nitrogen and oxygen atoms in total. The smallest absolute Gasteiger partial charge is 0.251 e. The summed E-state index contributed by atoms with van der Waals surface area (Å²) in [5, 5.41) is 2.98. The Hall–Kier alpha value is -1.77. The molecule has 0 radical (unpaired) electrons. The SMILES string of the molecule is C=CCNS(=O)(=O)c1cc(C(=O)NC2CCN(CC3CCCCC3)CC2)ccc1F. The molecule has 1 amide bonds.